The Kier molecular flexibility index (Phi) is 3.97. The van der Waals surface area contributed by atoms with E-state index in [1.165, 1.54) is 17.7 Å². The number of nitrogens with one attached hydrogen (secondary N) is 1. The Hall–Kier alpha value is -1.79. The summed E-state index contributed by atoms with van der Waals surface area (Å²) in [5, 5.41) is 2.44. The van der Waals surface area contributed by atoms with Crippen LogP contribution in [0.2, 0.25) is 0 Å². The van der Waals surface area contributed by atoms with Crippen molar-refractivity contribution in [3.05, 3.63) is 0 Å². The van der Waals surface area contributed by atoms with Gasteiger partial charge in [-0.3, -0.25) is 10.1 Å². The van der Waals surface area contributed by atoms with Crippen LogP contribution in [-0.2, 0) is 4.79 Å². The molecule has 0 radical (unpaired) electrons. The maximum absolute atomic E-state index is 12.4. The van der Waals surface area contributed by atoms with Gasteiger partial charge in [-0.25, -0.2) is 9.79 Å². The maximum atomic E-state index is 12.4. The molecule has 3 heterocycles. The number of nitrogens with zero attached hydrogens (tertiary/aromatic N) is 4. The molecular formula is C15H25N5O2. The van der Waals surface area contributed by atoms with Crippen LogP contribution in [0.1, 0.15) is 39.5 Å². The van der Waals surface area contributed by atoms with Gasteiger partial charge in [0, 0.05) is 26.2 Å². The lowest BCUT2D eigenvalue weighted by Crippen LogP contribution is -2.65. The van der Waals surface area contributed by atoms with Crippen LogP contribution >= 0.6 is 0 Å². The molecule has 1 N–H and O–H groups in total. The van der Waals surface area contributed by atoms with Gasteiger partial charge in [0.05, 0.1) is 0 Å². The van der Waals surface area contributed by atoms with E-state index in [2.05, 4.69) is 29.0 Å². The van der Waals surface area contributed by atoms with Crippen LogP contribution in [0, 0.1) is 0 Å². The van der Waals surface area contributed by atoms with E-state index >= 15 is 0 Å². The van der Waals surface area contributed by atoms with Crippen molar-refractivity contribution in [1.29, 1.82) is 0 Å². The van der Waals surface area contributed by atoms with E-state index in [1.807, 2.05) is 0 Å². The first-order chi connectivity index (χ1) is 10.5. The van der Waals surface area contributed by atoms with Crippen LogP contribution < -0.4 is 5.32 Å². The summed E-state index contributed by atoms with van der Waals surface area (Å²) in [4.78, 5) is 34.9. The first-order valence-corrected chi connectivity index (χ1v) is 8.19. The zero-order valence-electron chi connectivity index (χ0n) is 13.6. The van der Waals surface area contributed by atoms with E-state index in [4.69, 9.17) is 4.99 Å². The van der Waals surface area contributed by atoms with E-state index in [1.54, 1.807) is 7.05 Å². The molecule has 22 heavy (non-hydrogen) atoms. The number of fused-ring (bicyclic) bond motifs is 1. The van der Waals surface area contributed by atoms with E-state index in [-0.39, 0.29) is 18.0 Å². The standard InChI is InChI=1S/C15H25N5O2/c1-10(2)20-11-12(18(3)15(22)17-13(11)21)16-14(20)19-8-6-4-5-7-9-19/h10-12H,4-9H2,1-3H3,(H,17,21,22). The van der Waals surface area contributed by atoms with Crippen molar-refractivity contribution in [2.45, 2.75) is 57.8 Å². The number of aliphatic imine (C=N–C) groups is 1. The SMILES string of the molecule is CC(C)N1C(N2CCCCCC2)=NC2C1C(=O)NC(=O)N2C. The molecule has 0 aliphatic carbocycles. The predicted molar refractivity (Wildman–Crippen MR) is 83.3 cm³/mol. The predicted octanol–water partition coefficient (Wildman–Crippen LogP) is 0.819. The average molecular weight is 307 g/mol. The number of amides is 3. The Labute approximate surface area is 131 Å². The normalized spacial score (nSPS) is 29.5. The molecule has 0 bridgehead atoms. The Morgan fingerprint density at radius 3 is 2.36 bits per heavy atom. The molecule has 0 saturated carbocycles. The lowest BCUT2D eigenvalue weighted by molar-refractivity contribution is -0.127. The van der Waals surface area contributed by atoms with Crippen LogP contribution in [0.4, 0.5) is 4.79 Å². The van der Waals surface area contributed by atoms with Crippen molar-refractivity contribution in [3.63, 3.8) is 0 Å². The molecule has 2 unspecified atom stereocenters. The molecule has 0 aromatic carbocycles. The number of likely N-dealkylation sites (N-methyl/N-ethyl adjacent to an activating group) is 1. The van der Waals surface area contributed by atoms with Crippen LogP contribution in [0.3, 0.4) is 0 Å². The van der Waals surface area contributed by atoms with Crippen LogP contribution in [-0.4, -0.2) is 71.0 Å². The number of hydrogen-bond donors (Lipinski definition) is 1. The number of likely N-dealkylation sites (tertiary alicyclic amines) is 1. The van der Waals surface area contributed by atoms with Gasteiger partial charge in [0.2, 0.25) is 0 Å². The Balaban J connectivity index is 1.93. The van der Waals surface area contributed by atoms with E-state index < -0.39 is 12.2 Å². The van der Waals surface area contributed by atoms with E-state index in [0.717, 1.165) is 31.9 Å². The molecule has 122 valence electrons. The minimum Gasteiger partial charge on any atom is -0.343 e. The number of carbonyl (C=O) groups is 2. The molecule has 7 nitrogen and oxygen atoms in total. The molecule has 2 saturated heterocycles. The number of urea groups is 1. The Morgan fingerprint density at radius 1 is 1.14 bits per heavy atom. The van der Waals surface area contributed by atoms with Gasteiger partial charge in [-0.2, -0.15) is 0 Å². The highest BCUT2D eigenvalue weighted by atomic mass is 16.2. The summed E-state index contributed by atoms with van der Waals surface area (Å²) in [7, 11) is 1.70. The fourth-order valence-electron chi connectivity index (χ4n) is 3.54. The smallest absolute Gasteiger partial charge is 0.325 e. The molecule has 3 rings (SSSR count). The summed E-state index contributed by atoms with van der Waals surface area (Å²) in [6, 6.07) is -0.624. The largest absolute Gasteiger partial charge is 0.343 e. The van der Waals surface area contributed by atoms with Crippen LogP contribution in [0.15, 0.2) is 4.99 Å². The van der Waals surface area contributed by atoms with Gasteiger partial charge in [0.1, 0.15) is 0 Å². The summed E-state index contributed by atoms with van der Waals surface area (Å²) in [6.07, 6.45) is 4.39. The highest BCUT2D eigenvalue weighted by molar-refractivity contribution is 6.03. The summed E-state index contributed by atoms with van der Waals surface area (Å²) in [5.74, 6) is 0.638. The van der Waals surface area contributed by atoms with Gasteiger partial charge in [-0.15, -0.1) is 0 Å². The van der Waals surface area contributed by atoms with Crippen molar-refractivity contribution in [2.24, 2.45) is 4.99 Å². The minimum atomic E-state index is -0.416. The zero-order chi connectivity index (χ0) is 15.9. The maximum Gasteiger partial charge on any atom is 0.325 e. The summed E-state index contributed by atoms with van der Waals surface area (Å²) in [6.45, 7) is 6.08. The molecule has 2 atom stereocenters. The van der Waals surface area contributed by atoms with Crippen molar-refractivity contribution in [1.82, 2.24) is 20.0 Å². The quantitative estimate of drug-likeness (QED) is 0.779. The molecular weight excluding hydrogens is 282 g/mol. The molecule has 3 aliphatic rings. The summed E-state index contributed by atoms with van der Waals surface area (Å²) < 4.78 is 0. The fourth-order valence-corrected chi connectivity index (χ4v) is 3.54. The third kappa shape index (κ3) is 2.42. The molecule has 3 amide bonds. The van der Waals surface area contributed by atoms with Gasteiger partial charge in [0.25, 0.3) is 5.91 Å². The van der Waals surface area contributed by atoms with Crippen LogP contribution in [0.25, 0.3) is 0 Å². The van der Waals surface area contributed by atoms with Crippen LogP contribution in [0.5, 0.6) is 0 Å². The fraction of sp³-hybridized carbons (Fsp3) is 0.800. The summed E-state index contributed by atoms with van der Waals surface area (Å²) >= 11 is 0. The van der Waals surface area contributed by atoms with E-state index in [9.17, 15) is 9.59 Å². The molecule has 0 aromatic heterocycles. The number of guanidine groups is 1. The zero-order valence-corrected chi connectivity index (χ0v) is 13.6. The first-order valence-electron chi connectivity index (χ1n) is 8.19. The number of hydrogen-bond acceptors (Lipinski definition) is 5. The third-order valence-corrected chi connectivity index (χ3v) is 4.72. The third-order valence-electron chi connectivity index (χ3n) is 4.72. The van der Waals surface area contributed by atoms with Gasteiger partial charge in [-0.1, -0.05) is 12.8 Å². The van der Waals surface area contributed by atoms with Crippen molar-refractivity contribution >= 4 is 17.9 Å². The van der Waals surface area contributed by atoms with Gasteiger partial charge >= 0.3 is 6.03 Å². The second-order valence-electron chi connectivity index (χ2n) is 6.60. The van der Waals surface area contributed by atoms with Crippen molar-refractivity contribution < 1.29 is 9.59 Å². The molecule has 7 heteroatoms. The lowest BCUT2D eigenvalue weighted by atomic mass is 10.1. The minimum absolute atomic E-state index is 0.157. The molecule has 0 spiro atoms. The van der Waals surface area contributed by atoms with Gasteiger partial charge < -0.3 is 14.7 Å². The second-order valence-corrected chi connectivity index (χ2v) is 6.60. The molecule has 0 aromatic rings. The number of rotatable bonds is 1. The topological polar surface area (TPSA) is 68.2 Å². The highest BCUT2D eigenvalue weighted by Crippen LogP contribution is 2.28. The molecule has 2 fully saturated rings. The van der Waals surface area contributed by atoms with Gasteiger partial charge in [0.15, 0.2) is 18.2 Å². The van der Waals surface area contributed by atoms with Gasteiger partial charge in [-0.05, 0) is 26.7 Å². The molecule has 3 aliphatic heterocycles. The number of carbonyl (C=O) groups excluding carboxylic acids is 2. The summed E-state index contributed by atoms with van der Waals surface area (Å²) in [5.41, 5.74) is 0. The number of imide groups is 1. The first kappa shape index (κ1) is 15.1. The van der Waals surface area contributed by atoms with E-state index in [0.29, 0.717) is 0 Å². The second kappa shape index (κ2) is 5.78. The Bertz CT molecular complexity index is 496. The Morgan fingerprint density at radius 2 is 1.77 bits per heavy atom. The monoisotopic (exact) mass is 307 g/mol. The van der Waals surface area contributed by atoms with Crippen molar-refractivity contribution in [2.75, 3.05) is 20.1 Å². The highest BCUT2D eigenvalue weighted by Gasteiger charge is 2.50. The van der Waals surface area contributed by atoms with Crippen molar-refractivity contribution in [3.8, 4) is 0 Å². The average Bonchev–Trinajstić information content (AvgIpc) is 2.67. The lowest BCUT2D eigenvalue weighted by Gasteiger charge is -2.39.